The zero-order chi connectivity index (χ0) is 19.0. The zero-order valence-corrected chi connectivity index (χ0v) is 13.7. The molecule has 10 heteroatoms. The molecule has 0 aromatic carbocycles. The lowest BCUT2D eigenvalue weighted by molar-refractivity contribution is -0.140. The van der Waals surface area contributed by atoms with Gasteiger partial charge in [-0.05, 0) is 24.3 Å². The molecular formula is C17H12F4N6. The second-order valence-corrected chi connectivity index (χ2v) is 5.80. The Balaban J connectivity index is 1.77. The highest BCUT2D eigenvalue weighted by Crippen LogP contribution is 2.24. The number of halogens is 4. The molecule has 0 amide bonds. The van der Waals surface area contributed by atoms with Crippen LogP contribution in [0.1, 0.15) is 5.82 Å². The lowest BCUT2D eigenvalue weighted by Gasteiger charge is -2.13. The van der Waals surface area contributed by atoms with Gasteiger partial charge in [0.2, 0.25) is 5.95 Å². The van der Waals surface area contributed by atoms with Crippen LogP contribution in [0.5, 0.6) is 0 Å². The van der Waals surface area contributed by atoms with E-state index in [1.165, 1.54) is 24.5 Å². The molecule has 0 aliphatic heterocycles. The van der Waals surface area contributed by atoms with Crippen LogP contribution in [0.4, 0.5) is 17.6 Å². The van der Waals surface area contributed by atoms with Gasteiger partial charge in [-0.15, -0.1) is 0 Å². The predicted molar refractivity (Wildman–Crippen MR) is 88.1 cm³/mol. The summed E-state index contributed by atoms with van der Waals surface area (Å²) >= 11 is 0. The standard InChI is InChI=1S/C17H12F4N6/c18-13-5-1-3-11(24-13)15-23-7-8-26(15)9-14-25-12-4-2-6-22-16(12)27(14)10-17(19,20)21/h1-8H,9-10H2. The molecule has 0 saturated heterocycles. The van der Waals surface area contributed by atoms with Crippen molar-refractivity contribution < 1.29 is 17.6 Å². The van der Waals surface area contributed by atoms with Crippen LogP contribution in [0.25, 0.3) is 22.7 Å². The molecule has 0 saturated carbocycles. The van der Waals surface area contributed by atoms with Crippen LogP contribution in [0.2, 0.25) is 0 Å². The van der Waals surface area contributed by atoms with Gasteiger partial charge in [0.25, 0.3) is 0 Å². The maximum absolute atomic E-state index is 13.4. The van der Waals surface area contributed by atoms with Crippen molar-refractivity contribution in [1.29, 1.82) is 0 Å². The zero-order valence-electron chi connectivity index (χ0n) is 13.7. The smallest absolute Gasteiger partial charge is 0.322 e. The van der Waals surface area contributed by atoms with Crippen LogP contribution in [0.15, 0.2) is 48.9 Å². The number of hydrogen-bond acceptors (Lipinski definition) is 4. The molecule has 0 aliphatic rings. The van der Waals surface area contributed by atoms with E-state index in [2.05, 4.69) is 19.9 Å². The molecule has 27 heavy (non-hydrogen) atoms. The molecule has 4 aromatic rings. The van der Waals surface area contributed by atoms with E-state index in [1.54, 1.807) is 29.0 Å². The Morgan fingerprint density at radius 2 is 1.81 bits per heavy atom. The van der Waals surface area contributed by atoms with Gasteiger partial charge in [0.15, 0.2) is 11.5 Å². The third kappa shape index (κ3) is 3.50. The van der Waals surface area contributed by atoms with Crippen LogP contribution in [-0.4, -0.2) is 35.2 Å². The summed E-state index contributed by atoms with van der Waals surface area (Å²) in [5.74, 6) is -0.180. The first-order valence-corrected chi connectivity index (χ1v) is 7.92. The fraction of sp³-hybridized carbons (Fsp3) is 0.176. The highest BCUT2D eigenvalue weighted by molar-refractivity contribution is 5.71. The summed E-state index contributed by atoms with van der Waals surface area (Å²) in [4.78, 5) is 16.2. The predicted octanol–water partition coefficient (Wildman–Crippen LogP) is 3.44. The molecule has 138 valence electrons. The minimum atomic E-state index is -4.43. The van der Waals surface area contributed by atoms with E-state index in [0.29, 0.717) is 11.3 Å². The molecule has 0 radical (unpaired) electrons. The molecular weight excluding hydrogens is 364 g/mol. The number of rotatable bonds is 4. The summed E-state index contributed by atoms with van der Waals surface area (Å²) in [5, 5.41) is 0. The van der Waals surface area contributed by atoms with Gasteiger partial charge in [0, 0.05) is 18.6 Å². The molecule has 0 spiro atoms. The van der Waals surface area contributed by atoms with E-state index in [-0.39, 0.29) is 23.7 Å². The summed E-state index contributed by atoms with van der Waals surface area (Å²) in [5.41, 5.74) is 0.786. The van der Waals surface area contributed by atoms with Crippen molar-refractivity contribution in [3.05, 3.63) is 60.7 Å². The lowest BCUT2D eigenvalue weighted by atomic mass is 10.3. The number of pyridine rings is 2. The number of hydrogen-bond donors (Lipinski definition) is 0. The van der Waals surface area contributed by atoms with Gasteiger partial charge in [-0.1, -0.05) is 6.07 Å². The topological polar surface area (TPSA) is 61.4 Å². The van der Waals surface area contributed by atoms with Gasteiger partial charge < -0.3 is 9.13 Å². The molecule has 4 rings (SSSR count). The first-order chi connectivity index (χ1) is 12.9. The normalized spacial score (nSPS) is 12.0. The Morgan fingerprint density at radius 3 is 2.59 bits per heavy atom. The van der Waals surface area contributed by atoms with Gasteiger partial charge in [-0.3, -0.25) is 0 Å². The van der Waals surface area contributed by atoms with Crippen LogP contribution in [-0.2, 0) is 13.1 Å². The van der Waals surface area contributed by atoms with Crippen molar-refractivity contribution in [2.24, 2.45) is 0 Å². The minimum Gasteiger partial charge on any atom is -0.322 e. The second-order valence-electron chi connectivity index (χ2n) is 5.80. The summed E-state index contributed by atoms with van der Waals surface area (Å²) in [6, 6.07) is 7.46. The lowest BCUT2D eigenvalue weighted by Crippen LogP contribution is -2.21. The fourth-order valence-electron chi connectivity index (χ4n) is 2.83. The number of aromatic nitrogens is 6. The van der Waals surface area contributed by atoms with Crippen LogP contribution in [0.3, 0.4) is 0 Å². The second kappa shape index (κ2) is 6.45. The van der Waals surface area contributed by atoms with Crippen LogP contribution in [0, 0.1) is 5.95 Å². The third-order valence-corrected chi connectivity index (χ3v) is 3.89. The third-order valence-electron chi connectivity index (χ3n) is 3.89. The van der Waals surface area contributed by atoms with E-state index in [9.17, 15) is 17.6 Å². The molecule has 0 atom stereocenters. The van der Waals surface area contributed by atoms with Gasteiger partial charge >= 0.3 is 6.18 Å². The van der Waals surface area contributed by atoms with Crippen LogP contribution < -0.4 is 0 Å². The molecule has 4 heterocycles. The fourth-order valence-corrected chi connectivity index (χ4v) is 2.83. The van der Waals surface area contributed by atoms with Crippen molar-refractivity contribution in [3.8, 4) is 11.5 Å². The molecule has 0 N–H and O–H groups in total. The maximum atomic E-state index is 13.4. The quantitative estimate of drug-likeness (QED) is 0.404. The molecule has 4 aromatic heterocycles. The summed E-state index contributed by atoms with van der Waals surface area (Å²) in [6.07, 6.45) is 0.0330. The van der Waals surface area contributed by atoms with E-state index < -0.39 is 18.7 Å². The number of alkyl halides is 3. The molecule has 6 nitrogen and oxygen atoms in total. The molecule has 0 unspecified atom stereocenters. The Kier molecular flexibility index (Phi) is 4.09. The monoisotopic (exact) mass is 376 g/mol. The van der Waals surface area contributed by atoms with Crippen molar-refractivity contribution in [1.82, 2.24) is 29.1 Å². The molecule has 0 bridgehead atoms. The van der Waals surface area contributed by atoms with Crippen molar-refractivity contribution in [2.75, 3.05) is 0 Å². The maximum Gasteiger partial charge on any atom is 0.406 e. The van der Waals surface area contributed by atoms with Gasteiger partial charge in [-0.25, -0.2) is 19.9 Å². The first kappa shape index (κ1) is 17.1. The van der Waals surface area contributed by atoms with Crippen LogP contribution >= 0.6 is 0 Å². The minimum absolute atomic E-state index is 0.0000331. The average molecular weight is 376 g/mol. The van der Waals surface area contributed by atoms with Crippen molar-refractivity contribution >= 4 is 11.2 Å². The van der Waals surface area contributed by atoms with Crippen molar-refractivity contribution in [3.63, 3.8) is 0 Å². The Labute approximate surface area is 150 Å². The van der Waals surface area contributed by atoms with Gasteiger partial charge in [0.05, 0.1) is 6.54 Å². The highest BCUT2D eigenvalue weighted by atomic mass is 19.4. The number of imidazole rings is 2. The number of nitrogens with zero attached hydrogens (tertiary/aromatic N) is 6. The van der Waals surface area contributed by atoms with Gasteiger partial charge in [0.1, 0.15) is 23.6 Å². The Hall–Kier alpha value is -3.30. The van der Waals surface area contributed by atoms with Crippen molar-refractivity contribution in [2.45, 2.75) is 19.3 Å². The van der Waals surface area contributed by atoms with E-state index in [1.807, 2.05) is 0 Å². The number of fused-ring (bicyclic) bond motifs is 1. The summed E-state index contributed by atoms with van der Waals surface area (Å²) < 4.78 is 55.1. The Morgan fingerprint density at radius 1 is 0.963 bits per heavy atom. The van der Waals surface area contributed by atoms with E-state index >= 15 is 0 Å². The van der Waals surface area contributed by atoms with E-state index in [4.69, 9.17) is 0 Å². The Bertz CT molecular complexity index is 1100. The van der Waals surface area contributed by atoms with E-state index in [0.717, 1.165) is 4.57 Å². The molecule has 0 fully saturated rings. The first-order valence-electron chi connectivity index (χ1n) is 7.92. The highest BCUT2D eigenvalue weighted by Gasteiger charge is 2.30. The SMILES string of the molecule is Fc1cccc(-c2nccn2Cc2nc3cccnc3n2CC(F)(F)F)n1. The van der Waals surface area contributed by atoms with Gasteiger partial charge in [-0.2, -0.15) is 17.6 Å². The summed E-state index contributed by atoms with van der Waals surface area (Å²) in [7, 11) is 0. The average Bonchev–Trinajstić information content (AvgIpc) is 3.19. The largest absolute Gasteiger partial charge is 0.406 e. The summed E-state index contributed by atoms with van der Waals surface area (Å²) in [6.45, 7) is -1.21. The molecule has 0 aliphatic carbocycles.